The molecule has 0 radical (unpaired) electrons. The predicted molar refractivity (Wildman–Crippen MR) is 113 cm³/mol. The van der Waals surface area contributed by atoms with Crippen molar-refractivity contribution in [3.8, 4) is 0 Å². The van der Waals surface area contributed by atoms with Crippen molar-refractivity contribution in [2.75, 3.05) is 52.5 Å². The highest BCUT2D eigenvalue weighted by Crippen LogP contribution is 2.38. The molecule has 168 valence electrons. The Hall–Kier alpha value is -1.63. The van der Waals surface area contributed by atoms with Crippen LogP contribution in [0.5, 0.6) is 0 Å². The van der Waals surface area contributed by atoms with Crippen molar-refractivity contribution in [2.24, 2.45) is 17.3 Å². The predicted octanol–water partition coefficient (Wildman–Crippen LogP) is 1.90. The molecule has 7 heteroatoms. The quantitative estimate of drug-likeness (QED) is 0.698. The largest absolute Gasteiger partial charge is 0.378 e. The third kappa shape index (κ3) is 4.66. The molecule has 0 aromatic rings. The number of likely N-dealkylation sites (tertiary alicyclic amines) is 2. The molecule has 1 unspecified atom stereocenters. The third-order valence-electron chi connectivity index (χ3n) is 7.74. The number of amides is 3. The molecule has 0 bridgehead atoms. The number of piperidine rings is 1. The van der Waals surface area contributed by atoms with Crippen LogP contribution in [0.1, 0.15) is 58.3 Å². The molecule has 3 heterocycles. The van der Waals surface area contributed by atoms with Gasteiger partial charge in [0.2, 0.25) is 17.7 Å². The lowest BCUT2D eigenvalue weighted by Crippen LogP contribution is -2.48. The molecule has 30 heavy (non-hydrogen) atoms. The molecule has 0 aromatic carbocycles. The summed E-state index contributed by atoms with van der Waals surface area (Å²) in [5.74, 6) is 0.775. The van der Waals surface area contributed by atoms with E-state index in [1.54, 1.807) is 0 Å². The van der Waals surface area contributed by atoms with Gasteiger partial charge in [-0.1, -0.05) is 26.2 Å². The van der Waals surface area contributed by atoms with E-state index in [-0.39, 0.29) is 23.1 Å². The van der Waals surface area contributed by atoms with E-state index in [4.69, 9.17) is 4.74 Å². The minimum atomic E-state index is -0.205. The Morgan fingerprint density at radius 2 is 1.67 bits per heavy atom. The van der Waals surface area contributed by atoms with Crippen molar-refractivity contribution in [2.45, 2.75) is 58.3 Å². The van der Waals surface area contributed by atoms with Crippen molar-refractivity contribution in [1.29, 1.82) is 0 Å². The highest BCUT2D eigenvalue weighted by molar-refractivity contribution is 5.89. The molecule has 7 nitrogen and oxygen atoms in total. The van der Waals surface area contributed by atoms with Crippen LogP contribution in [0.25, 0.3) is 0 Å². The van der Waals surface area contributed by atoms with Crippen LogP contribution in [0.4, 0.5) is 0 Å². The molecule has 1 aliphatic carbocycles. The molecule has 4 aliphatic rings. The van der Waals surface area contributed by atoms with Gasteiger partial charge in [-0.3, -0.25) is 14.4 Å². The number of rotatable bonds is 4. The van der Waals surface area contributed by atoms with E-state index in [0.717, 1.165) is 45.3 Å². The third-order valence-corrected chi connectivity index (χ3v) is 7.74. The number of hydrogen-bond acceptors (Lipinski definition) is 4. The lowest BCUT2D eigenvalue weighted by Gasteiger charge is -2.40. The molecule has 0 spiro atoms. The molecule has 3 aliphatic heterocycles. The van der Waals surface area contributed by atoms with Crippen LogP contribution in [0, 0.1) is 17.3 Å². The molecule has 1 atom stereocenters. The zero-order chi connectivity index (χ0) is 21.1. The second kappa shape index (κ2) is 9.25. The number of morpholine rings is 1. The normalized spacial score (nSPS) is 28.1. The fraction of sp³-hybridized carbons (Fsp3) is 0.870. The molecule has 3 amide bonds. The summed E-state index contributed by atoms with van der Waals surface area (Å²) in [5, 5.41) is 0. The van der Waals surface area contributed by atoms with Crippen LogP contribution < -0.4 is 0 Å². The fourth-order valence-electron chi connectivity index (χ4n) is 5.71. The number of hydrogen-bond donors (Lipinski definition) is 0. The zero-order valence-electron chi connectivity index (χ0n) is 18.4. The molecule has 4 fully saturated rings. The minimum Gasteiger partial charge on any atom is -0.378 e. The molecular formula is C23H37N3O4. The van der Waals surface area contributed by atoms with E-state index in [2.05, 4.69) is 11.8 Å². The lowest BCUT2D eigenvalue weighted by molar-refractivity contribution is -0.145. The van der Waals surface area contributed by atoms with Crippen LogP contribution in [-0.2, 0) is 19.1 Å². The van der Waals surface area contributed by atoms with Gasteiger partial charge < -0.3 is 19.4 Å². The number of nitrogens with zero attached hydrogens (tertiary/aromatic N) is 3. The van der Waals surface area contributed by atoms with E-state index in [1.807, 2.05) is 9.80 Å². The van der Waals surface area contributed by atoms with Gasteiger partial charge in [0, 0.05) is 51.1 Å². The molecule has 3 saturated heterocycles. The Morgan fingerprint density at radius 1 is 1.00 bits per heavy atom. The number of ether oxygens (including phenoxy) is 1. The molecule has 0 N–H and O–H groups in total. The van der Waals surface area contributed by atoms with E-state index in [1.165, 1.54) is 19.3 Å². The summed E-state index contributed by atoms with van der Waals surface area (Å²) in [5.41, 5.74) is -0.164. The van der Waals surface area contributed by atoms with Gasteiger partial charge in [-0.05, 0) is 31.6 Å². The van der Waals surface area contributed by atoms with Crippen molar-refractivity contribution >= 4 is 17.7 Å². The first kappa shape index (κ1) is 21.6. The lowest BCUT2D eigenvalue weighted by atomic mass is 9.74. The summed E-state index contributed by atoms with van der Waals surface area (Å²) in [6, 6.07) is 0. The summed E-state index contributed by atoms with van der Waals surface area (Å²) in [6.07, 6.45) is 7.87. The van der Waals surface area contributed by atoms with E-state index < -0.39 is 0 Å². The van der Waals surface area contributed by atoms with E-state index in [0.29, 0.717) is 51.1 Å². The van der Waals surface area contributed by atoms with Crippen LogP contribution in [0.3, 0.4) is 0 Å². The Bertz CT molecular complexity index is 647. The van der Waals surface area contributed by atoms with Crippen molar-refractivity contribution in [1.82, 2.24) is 14.7 Å². The Kier molecular flexibility index (Phi) is 6.66. The highest BCUT2D eigenvalue weighted by atomic mass is 16.5. The maximum atomic E-state index is 13.1. The Morgan fingerprint density at radius 3 is 2.33 bits per heavy atom. The van der Waals surface area contributed by atoms with Gasteiger partial charge in [0.15, 0.2) is 0 Å². The summed E-state index contributed by atoms with van der Waals surface area (Å²) in [7, 11) is 0. The maximum Gasteiger partial charge on any atom is 0.228 e. The van der Waals surface area contributed by atoms with Gasteiger partial charge in [0.05, 0.1) is 19.1 Å². The average Bonchev–Trinajstić information content (AvgIpc) is 3.14. The fourth-order valence-corrected chi connectivity index (χ4v) is 5.71. The van der Waals surface area contributed by atoms with Crippen molar-refractivity contribution in [3.63, 3.8) is 0 Å². The van der Waals surface area contributed by atoms with Gasteiger partial charge >= 0.3 is 0 Å². The van der Waals surface area contributed by atoms with Crippen LogP contribution in [0.15, 0.2) is 0 Å². The molecule has 0 aromatic heterocycles. The second-order valence-corrected chi connectivity index (χ2v) is 9.99. The van der Waals surface area contributed by atoms with Crippen molar-refractivity contribution < 1.29 is 19.1 Å². The summed E-state index contributed by atoms with van der Waals surface area (Å²) < 4.78 is 5.33. The van der Waals surface area contributed by atoms with Gasteiger partial charge in [-0.25, -0.2) is 0 Å². The maximum absolute atomic E-state index is 13.1. The number of carbonyl (C=O) groups is 3. The van der Waals surface area contributed by atoms with E-state index in [9.17, 15) is 14.4 Å². The zero-order valence-corrected chi connectivity index (χ0v) is 18.4. The number of carbonyl (C=O) groups excluding carboxylic acids is 3. The van der Waals surface area contributed by atoms with Crippen LogP contribution in [0.2, 0.25) is 0 Å². The summed E-state index contributed by atoms with van der Waals surface area (Å²) in [6.45, 7) is 7.48. The van der Waals surface area contributed by atoms with E-state index >= 15 is 0 Å². The van der Waals surface area contributed by atoms with Gasteiger partial charge in [-0.15, -0.1) is 0 Å². The average molecular weight is 420 g/mol. The standard InChI is InChI=1S/C23H37N3O4/c1-23(7-3-2-4-8-23)22(29)25-9-5-18(6-10-25)16-26-17-19(15-20(26)27)21(28)24-11-13-30-14-12-24/h18-19H,2-17H2,1H3. The van der Waals surface area contributed by atoms with Gasteiger partial charge in [0.1, 0.15) is 0 Å². The van der Waals surface area contributed by atoms with Crippen molar-refractivity contribution in [3.05, 3.63) is 0 Å². The first-order chi connectivity index (χ1) is 14.5. The molecule has 4 rings (SSSR count). The monoisotopic (exact) mass is 419 g/mol. The highest BCUT2D eigenvalue weighted by Gasteiger charge is 2.40. The summed E-state index contributed by atoms with van der Waals surface area (Å²) in [4.78, 5) is 44.1. The molecule has 1 saturated carbocycles. The van der Waals surface area contributed by atoms with Crippen LogP contribution in [-0.4, -0.2) is 84.9 Å². The van der Waals surface area contributed by atoms with Gasteiger partial charge in [-0.2, -0.15) is 0 Å². The second-order valence-electron chi connectivity index (χ2n) is 9.99. The van der Waals surface area contributed by atoms with Crippen LogP contribution >= 0.6 is 0 Å². The summed E-state index contributed by atoms with van der Waals surface area (Å²) >= 11 is 0. The minimum absolute atomic E-state index is 0.106. The first-order valence-electron chi connectivity index (χ1n) is 11.9. The first-order valence-corrected chi connectivity index (χ1v) is 11.9. The SMILES string of the molecule is CC1(C(=O)N2CCC(CN3CC(C(=O)N4CCOCC4)CC3=O)CC2)CCCCC1. The smallest absolute Gasteiger partial charge is 0.228 e. The Labute approximate surface area is 180 Å². The Balaban J connectivity index is 1.24. The molecular weight excluding hydrogens is 382 g/mol. The topological polar surface area (TPSA) is 70.2 Å². The van der Waals surface area contributed by atoms with Gasteiger partial charge in [0.25, 0.3) is 0 Å².